The molecule has 1 atom stereocenters. The Morgan fingerprint density at radius 1 is 0.913 bits per heavy atom. The van der Waals surface area contributed by atoms with Gasteiger partial charge in [-0.15, -0.1) is 0 Å². The summed E-state index contributed by atoms with van der Waals surface area (Å²) in [6.07, 6.45) is -0.381. The normalized spacial score (nSPS) is 16.9. The van der Waals surface area contributed by atoms with Crippen molar-refractivity contribution in [2.75, 3.05) is 44.2 Å². The van der Waals surface area contributed by atoms with Crippen LogP contribution in [0.25, 0.3) is 0 Å². The number of piperazine rings is 1. The van der Waals surface area contributed by atoms with Gasteiger partial charge in [-0.3, -0.25) is 4.90 Å². The summed E-state index contributed by atoms with van der Waals surface area (Å²) in [6.45, 7) is 5.35. The van der Waals surface area contributed by atoms with Crippen LogP contribution < -0.4 is 10.2 Å². The first kappa shape index (κ1) is 16.0. The maximum absolute atomic E-state index is 10.6. The van der Waals surface area contributed by atoms with Gasteiger partial charge in [0, 0.05) is 44.1 Å². The van der Waals surface area contributed by atoms with Crippen molar-refractivity contribution in [2.24, 2.45) is 0 Å². The molecule has 1 heterocycles. The summed E-state index contributed by atoms with van der Waals surface area (Å²) in [5.74, 6) is 0. The predicted octanol–water partition coefficient (Wildman–Crippen LogP) is 2.09. The van der Waals surface area contributed by atoms with Crippen molar-refractivity contribution in [3.63, 3.8) is 0 Å². The molecular weight excluding hydrogens is 286 g/mol. The summed E-state index contributed by atoms with van der Waals surface area (Å²) in [6, 6.07) is 20.5. The Bertz CT molecular complexity index is 530. The molecule has 0 radical (unpaired) electrons. The maximum Gasteiger partial charge on any atom is 0.0845 e. The van der Waals surface area contributed by atoms with E-state index in [1.807, 2.05) is 36.4 Å². The summed E-state index contributed by atoms with van der Waals surface area (Å²) in [4.78, 5) is 4.52. The molecule has 0 saturated carbocycles. The van der Waals surface area contributed by atoms with Gasteiger partial charge < -0.3 is 15.3 Å². The van der Waals surface area contributed by atoms with Gasteiger partial charge in [0.05, 0.1) is 12.6 Å². The van der Waals surface area contributed by atoms with Crippen LogP contribution >= 0.6 is 0 Å². The molecule has 0 aromatic heterocycles. The van der Waals surface area contributed by atoms with E-state index in [2.05, 4.69) is 39.4 Å². The number of aliphatic hydroxyl groups excluding tert-OH is 1. The number of nitrogens with one attached hydrogen (secondary N) is 1. The molecule has 1 fully saturated rings. The predicted molar refractivity (Wildman–Crippen MR) is 95.2 cm³/mol. The van der Waals surface area contributed by atoms with Crippen molar-refractivity contribution < 1.29 is 5.11 Å². The molecular formula is C19H25N3O. The SMILES string of the molecule is OC(CN1CCNCC1)CN(c1ccccc1)c1ccccc1. The molecule has 1 saturated heterocycles. The van der Waals surface area contributed by atoms with E-state index in [4.69, 9.17) is 0 Å². The van der Waals surface area contributed by atoms with Crippen LogP contribution in [0.5, 0.6) is 0 Å². The largest absolute Gasteiger partial charge is 0.390 e. The smallest absolute Gasteiger partial charge is 0.0845 e. The van der Waals surface area contributed by atoms with Gasteiger partial charge in [-0.05, 0) is 24.3 Å². The van der Waals surface area contributed by atoms with Crippen LogP contribution in [-0.4, -0.2) is 55.4 Å². The molecule has 0 bridgehead atoms. The van der Waals surface area contributed by atoms with Gasteiger partial charge in [-0.25, -0.2) is 0 Å². The van der Waals surface area contributed by atoms with Crippen molar-refractivity contribution in [3.8, 4) is 0 Å². The van der Waals surface area contributed by atoms with Gasteiger partial charge in [0.2, 0.25) is 0 Å². The maximum atomic E-state index is 10.6. The first-order valence-electron chi connectivity index (χ1n) is 8.32. The van der Waals surface area contributed by atoms with Gasteiger partial charge in [0.1, 0.15) is 0 Å². The number of benzene rings is 2. The minimum Gasteiger partial charge on any atom is -0.390 e. The van der Waals surface area contributed by atoms with Crippen LogP contribution in [0, 0.1) is 0 Å². The fourth-order valence-corrected chi connectivity index (χ4v) is 3.04. The first-order chi connectivity index (χ1) is 11.3. The average Bonchev–Trinajstić information content (AvgIpc) is 2.62. The molecule has 2 aromatic rings. The lowest BCUT2D eigenvalue weighted by molar-refractivity contribution is 0.111. The molecule has 1 unspecified atom stereocenters. The van der Waals surface area contributed by atoms with Crippen LogP contribution in [0.4, 0.5) is 11.4 Å². The van der Waals surface area contributed by atoms with E-state index in [1.54, 1.807) is 0 Å². The van der Waals surface area contributed by atoms with E-state index >= 15 is 0 Å². The van der Waals surface area contributed by atoms with Crippen LogP contribution in [0.3, 0.4) is 0 Å². The molecule has 0 spiro atoms. The van der Waals surface area contributed by atoms with Gasteiger partial charge in [-0.2, -0.15) is 0 Å². The standard InChI is InChI=1S/C19H25N3O/c23-19(15-21-13-11-20-12-14-21)16-22(17-7-3-1-4-8-17)18-9-5-2-6-10-18/h1-10,19-20,23H,11-16H2. The molecule has 1 aliphatic rings. The minimum atomic E-state index is -0.381. The van der Waals surface area contributed by atoms with Crippen molar-refractivity contribution in [1.29, 1.82) is 0 Å². The quantitative estimate of drug-likeness (QED) is 0.857. The molecule has 4 heteroatoms. The number of anilines is 2. The lowest BCUT2D eigenvalue weighted by atomic mass is 10.2. The second kappa shape index (κ2) is 8.11. The highest BCUT2D eigenvalue weighted by Gasteiger charge is 2.18. The Hall–Kier alpha value is -1.88. The summed E-state index contributed by atoms with van der Waals surface area (Å²) >= 11 is 0. The average molecular weight is 311 g/mol. The van der Waals surface area contributed by atoms with Crippen LogP contribution in [0.15, 0.2) is 60.7 Å². The first-order valence-corrected chi connectivity index (χ1v) is 8.32. The molecule has 2 aromatic carbocycles. The Morgan fingerprint density at radius 2 is 1.43 bits per heavy atom. The number of rotatable bonds is 6. The fourth-order valence-electron chi connectivity index (χ4n) is 3.04. The zero-order chi connectivity index (χ0) is 15.9. The third kappa shape index (κ3) is 4.55. The molecule has 2 N–H and O–H groups in total. The number of β-amino-alcohol motifs (C(OH)–C–C–N with tert-alkyl or cyclic N) is 1. The number of hydrogen-bond donors (Lipinski definition) is 2. The number of para-hydroxylation sites is 2. The zero-order valence-electron chi connectivity index (χ0n) is 13.4. The van der Waals surface area contributed by atoms with Crippen molar-refractivity contribution >= 4 is 11.4 Å². The van der Waals surface area contributed by atoms with E-state index < -0.39 is 0 Å². The molecule has 0 aliphatic carbocycles. The van der Waals surface area contributed by atoms with E-state index in [1.165, 1.54) is 0 Å². The zero-order valence-corrected chi connectivity index (χ0v) is 13.4. The Balaban J connectivity index is 1.71. The molecule has 1 aliphatic heterocycles. The lowest BCUT2D eigenvalue weighted by Crippen LogP contribution is -2.48. The summed E-state index contributed by atoms with van der Waals surface area (Å²) in [5.41, 5.74) is 2.22. The lowest BCUT2D eigenvalue weighted by Gasteiger charge is -2.32. The van der Waals surface area contributed by atoms with E-state index in [-0.39, 0.29) is 6.10 Å². The topological polar surface area (TPSA) is 38.7 Å². The van der Waals surface area contributed by atoms with Crippen molar-refractivity contribution in [1.82, 2.24) is 10.2 Å². The number of aliphatic hydroxyl groups is 1. The highest BCUT2D eigenvalue weighted by atomic mass is 16.3. The summed E-state index contributed by atoms with van der Waals surface area (Å²) < 4.78 is 0. The summed E-state index contributed by atoms with van der Waals surface area (Å²) in [5, 5.41) is 13.9. The second-order valence-corrected chi connectivity index (χ2v) is 5.99. The second-order valence-electron chi connectivity index (χ2n) is 5.99. The molecule has 122 valence electrons. The Morgan fingerprint density at radius 3 is 1.96 bits per heavy atom. The Kier molecular flexibility index (Phi) is 5.64. The van der Waals surface area contributed by atoms with E-state index in [0.29, 0.717) is 6.54 Å². The van der Waals surface area contributed by atoms with Gasteiger partial charge in [-0.1, -0.05) is 36.4 Å². The minimum absolute atomic E-state index is 0.381. The van der Waals surface area contributed by atoms with Crippen LogP contribution in [-0.2, 0) is 0 Å². The summed E-state index contributed by atoms with van der Waals surface area (Å²) in [7, 11) is 0. The molecule has 3 rings (SSSR count). The van der Waals surface area contributed by atoms with Crippen molar-refractivity contribution in [2.45, 2.75) is 6.10 Å². The number of hydrogen-bond acceptors (Lipinski definition) is 4. The van der Waals surface area contributed by atoms with E-state index in [9.17, 15) is 5.11 Å². The van der Waals surface area contributed by atoms with Gasteiger partial charge in [0.25, 0.3) is 0 Å². The molecule has 4 nitrogen and oxygen atoms in total. The Labute approximate surface area is 138 Å². The number of nitrogens with zero attached hydrogens (tertiary/aromatic N) is 2. The highest BCUT2D eigenvalue weighted by molar-refractivity contribution is 5.63. The third-order valence-corrected chi connectivity index (χ3v) is 4.21. The van der Waals surface area contributed by atoms with Crippen molar-refractivity contribution in [3.05, 3.63) is 60.7 Å². The van der Waals surface area contributed by atoms with Crippen LogP contribution in [0.1, 0.15) is 0 Å². The van der Waals surface area contributed by atoms with E-state index in [0.717, 1.165) is 44.1 Å². The highest BCUT2D eigenvalue weighted by Crippen LogP contribution is 2.25. The van der Waals surface area contributed by atoms with Gasteiger partial charge in [0.15, 0.2) is 0 Å². The third-order valence-electron chi connectivity index (χ3n) is 4.21. The van der Waals surface area contributed by atoms with Crippen LogP contribution in [0.2, 0.25) is 0 Å². The monoisotopic (exact) mass is 311 g/mol. The molecule has 0 amide bonds. The van der Waals surface area contributed by atoms with Gasteiger partial charge >= 0.3 is 0 Å². The molecule has 23 heavy (non-hydrogen) atoms. The fraction of sp³-hybridized carbons (Fsp3) is 0.368.